The predicted molar refractivity (Wildman–Crippen MR) is 182 cm³/mol. The average molecular weight is 587 g/mol. The summed E-state index contributed by atoms with van der Waals surface area (Å²) >= 11 is 0. The third-order valence-electron chi connectivity index (χ3n) is 8.49. The molecule has 0 radical (unpaired) electrons. The van der Waals surface area contributed by atoms with Crippen molar-refractivity contribution in [3.63, 3.8) is 0 Å². The summed E-state index contributed by atoms with van der Waals surface area (Å²) in [6, 6.07) is 30.9. The highest BCUT2D eigenvalue weighted by Crippen LogP contribution is 2.40. The van der Waals surface area contributed by atoms with Crippen molar-refractivity contribution in [2.45, 2.75) is 121 Å². The van der Waals surface area contributed by atoms with Crippen molar-refractivity contribution in [2.24, 2.45) is 0 Å². The van der Waals surface area contributed by atoms with E-state index in [-0.39, 0.29) is 13.2 Å². The van der Waals surface area contributed by atoms with Gasteiger partial charge < -0.3 is 14.6 Å². The van der Waals surface area contributed by atoms with Crippen LogP contribution in [0.4, 0.5) is 0 Å². The maximum atomic E-state index is 10.8. The molecule has 0 saturated carbocycles. The van der Waals surface area contributed by atoms with E-state index >= 15 is 0 Å². The molecule has 0 amide bonds. The molecule has 0 aliphatic heterocycles. The summed E-state index contributed by atoms with van der Waals surface area (Å²) in [5.74, 6) is 0. The summed E-state index contributed by atoms with van der Waals surface area (Å²) < 4.78 is 12.6. The molecule has 43 heavy (non-hydrogen) atoms. The molecule has 3 aromatic carbocycles. The first-order chi connectivity index (χ1) is 21.3. The molecule has 0 aliphatic carbocycles. The molecule has 3 heteroatoms. The molecule has 0 bridgehead atoms. The fraction of sp³-hybridized carbons (Fsp3) is 0.550. The maximum Gasteiger partial charge on any atom is 0.143 e. The number of rotatable bonds is 25. The molecular weight excluding hydrogens is 528 g/mol. The van der Waals surface area contributed by atoms with E-state index < -0.39 is 11.7 Å². The summed E-state index contributed by atoms with van der Waals surface area (Å²) in [5, 5.41) is 10.8. The normalized spacial score (nSPS) is 12.4. The fourth-order valence-electron chi connectivity index (χ4n) is 6.01. The number of unbranched alkanes of at least 4 members (excludes halogenated alkanes) is 15. The van der Waals surface area contributed by atoms with Crippen LogP contribution in [0.1, 0.15) is 126 Å². The van der Waals surface area contributed by atoms with Crippen LogP contribution in [0.15, 0.2) is 91.0 Å². The van der Waals surface area contributed by atoms with Gasteiger partial charge in [0, 0.05) is 6.61 Å². The van der Waals surface area contributed by atoms with Gasteiger partial charge in [0.15, 0.2) is 0 Å². The fourth-order valence-corrected chi connectivity index (χ4v) is 6.01. The first-order valence-corrected chi connectivity index (χ1v) is 17.3. The van der Waals surface area contributed by atoms with Crippen molar-refractivity contribution in [1.82, 2.24) is 0 Å². The SMILES string of the molecule is CCCCCCCCCCCCCCCCCCOC[C@@H](O)COC(c1ccccc1)(c1ccccc1)c1ccccc1. The monoisotopic (exact) mass is 586 g/mol. The van der Waals surface area contributed by atoms with Crippen molar-refractivity contribution in [1.29, 1.82) is 0 Å². The van der Waals surface area contributed by atoms with Gasteiger partial charge in [0.1, 0.15) is 11.7 Å². The lowest BCUT2D eigenvalue weighted by molar-refractivity contribution is -0.0641. The van der Waals surface area contributed by atoms with Gasteiger partial charge >= 0.3 is 0 Å². The third-order valence-corrected chi connectivity index (χ3v) is 8.49. The Hall–Kier alpha value is -2.46. The van der Waals surface area contributed by atoms with Gasteiger partial charge in [-0.25, -0.2) is 0 Å². The predicted octanol–water partition coefficient (Wildman–Crippen LogP) is 10.6. The van der Waals surface area contributed by atoms with Crippen LogP contribution in [-0.2, 0) is 15.1 Å². The molecule has 0 fully saturated rings. The highest BCUT2D eigenvalue weighted by molar-refractivity contribution is 5.47. The van der Waals surface area contributed by atoms with E-state index in [1.165, 1.54) is 96.3 Å². The van der Waals surface area contributed by atoms with Gasteiger partial charge in [0.2, 0.25) is 0 Å². The second-order valence-corrected chi connectivity index (χ2v) is 12.1. The van der Waals surface area contributed by atoms with E-state index in [1.54, 1.807) is 0 Å². The molecule has 0 spiro atoms. The summed E-state index contributed by atoms with van der Waals surface area (Å²) in [6.45, 7) is 3.44. The summed E-state index contributed by atoms with van der Waals surface area (Å²) in [6.07, 6.45) is 21.1. The zero-order valence-corrected chi connectivity index (χ0v) is 26.9. The highest BCUT2D eigenvalue weighted by atomic mass is 16.5. The summed E-state index contributed by atoms with van der Waals surface area (Å²) in [4.78, 5) is 0. The Bertz CT molecular complexity index is 940. The van der Waals surface area contributed by atoms with E-state index in [0.29, 0.717) is 6.61 Å². The molecule has 0 heterocycles. The van der Waals surface area contributed by atoms with Crippen LogP contribution < -0.4 is 0 Å². The summed E-state index contributed by atoms with van der Waals surface area (Å²) in [7, 11) is 0. The van der Waals surface area contributed by atoms with Crippen molar-refractivity contribution in [2.75, 3.05) is 19.8 Å². The zero-order valence-electron chi connectivity index (χ0n) is 26.9. The Morgan fingerprint density at radius 3 is 1.21 bits per heavy atom. The van der Waals surface area contributed by atoms with Crippen molar-refractivity contribution in [3.05, 3.63) is 108 Å². The molecule has 0 unspecified atom stereocenters. The van der Waals surface area contributed by atoms with Gasteiger partial charge in [-0.3, -0.25) is 0 Å². The Balaban J connectivity index is 1.30. The number of aliphatic hydroxyl groups excluding tert-OH is 1. The lowest BCUT2D eigenvalue weighted by Crippen LogP contribution is -2.36. The molecule has 3 rings (SSSR count). The molecule has 3 aromatic rings. The summed E-state index contributed by atoms with van der Waals surface area (Å²) in [5.41, 5.74) is 2.29. The molecule has 1 N–H and O–H groups in total. The topological polar surface area (TPSA) is 38.7 Å². The van der Waals surface area contributed by atoms with Gasteiger partial charge in [0.25, 0.3) is 0 Å². The van der Waals surface area contributed by atoms with Crippen molar-refractivity contribution in [3.8, 4) is 0 Å². The van der Waals surface area contributed by atoms with Crippen LogP contribution in [0.5, 0.6) is 0 Å². The number of hydrogen-bond acceptors (Lipinski definition) is 3. The Morgan fingerprint density at radius 2 is 0.837 bits per heavy atom. The molecule has 236 valence electrons. The number of hydrogen-bond donors (Lipinski definition) is 1. The largest absolute Gasteiger partial charge is 0.388 e. The Morgan fingerprint density at radius 1 is 0.488 bits per heavy atom. The van der Waals surface area contributed by atoms with Crippen molar-refractivity contribution < 1.29 is 14.6 Å². The average Bonchev–Trinajstić information content (AvgIpc) is 3.06. The third kappa shape index (κ3) is 13.0. The van der Waals surface area contributed by atoms with Gasteiger partial charge in [-0.05, 0) is 23.1 Å². The van der Waals surface area contributed by atoms with Crippen LogP contribution in [0, 0.1) is 0 Å². The van der Waals surface area contributed by atoms with Crippen LogP contribution in [0.25, 0.3) is 0 Å². The minimum atomic E-state index is -0.821. The first kappa shape index (κ1) is 35.0. The number of benzene rings is 3. The second-order valence-electron chi connectivity index (χ2n) is 12.1. The van der Waals surface area contributed by atoms with E-state index in [4.69, 9.17) is 9.47 Å². The Labute approximate surface area is 263 Å². The minimum absolute atomic E-state index is 0.178. The second kappa shape index (κ2) is 22.1. The van der Waals surface area contributed by atoms with Gasteiger partial charge in [-0.15, -0.1) is 0 Å². The van der Waals surface area contributed by atoms with E-state index in [2.05, 4.69) is 43.3 Å². The van der Waals surface area contributed by atoms with Crippen LogP contribution in [-0.4, -0.2) is 31.0 Å². The van der Waals surface area contributed by atoms with Crippen LogP contribution in [0.2, 0.25) is 0 Å². The number of ether oxygens (including phenoxy) is 2. The molecule has 1 atom stereocenters. The molecule has 0 aliphatic rings. The minimum Gasteiger partial charge on any atom is -0.388 e. The Kier molecular flexibility index (Phi) is 18.0. The molecule has 0 saturated heterocycles. The standard InChI is InChI=1S/C40H58O3/c1-2-3-4-5-6-7-8-9-10-11-12-13-14-15-16-26-33-42-34-39(41)35-43-40(36-27-20-17-21-28-36,37-29-22-18-23-30-37)38-31-24-19-25-32-38/h17-25,27-32,39,41H,2-16,26,33-35H2,1H3/t39-/m1/s1. The van der Waals surface area contributed by atoms with E-state index in [9.17, 15) is 5.11 Å². The van der Waals surface area contributed by atoms with Gasteiger partial charge in [0.05, 0.1) is 13.2 Å². The molecule has 0 aromatic heterocycles. The lowest BCUT2D eigenvalue weighted by Gasteiger charge is -2.36. The smallest absolute Gasteiger partial charge is 0.143 e. The quantitative estimate of drug-likeness (QED) is 0.0793. The first-order valence-electron chi connectivity index (χ1n) is 17.3. The van der Waals surface area contributed by atoms with E-state index in [1.807, 2.05) is 54.6 Å². The zero-order chi connectivity index (χ0) is 30.3. The van der Waals surface area contributed by atoms with Crippen molar-refractivity contribution >= 4 is 0 Å². The van der Waals surface area contributed by atoms with Crippen LogP contribution in [0.3, 0.4) is 0 Å². The molecule has 3 nitrogen and oxygen atoms in total. The number of aliphatic hydroxyl groups is 1. The highest BCUT2D eigenvalue weighted by Gasteiger charge is 2.38. The van der Waals surface area contributed by atoms with Gasteiger partial charge in [-0.2, -0.15) is 0 Å². The van der Waals surface area contributed by atoms with Crippen LogP contribution >= 0.6 is 0 Å². The molecular formula is C40H58O3. The maximum absolute atomic E-state index is 10.8. The van der Waals surface area contributed by atoms with E-state index in [0.717, 1.165) is 23.1 Å². The lowest BCUT2D eigenvalue weighted by atomic mass is 9.80. The van der Waals surface area contributed by atoms with Gasteiger partial charge in [-0.1, -0.05) is 194 Å².